The molecule has 3 heterocycles. The number of nitrogens with two attached hydrogens (primary N) is 1. The Labute approximate surface area is 157 Å². The van der Waals surface area contributed by atoms with Crippen LogP contribution in [-0.2, 0) is 9.53 Å². The molecule has 0 aliphatic carbocycles. The maximum Gasteiger partial charge on any atom is 0.256 e. The number of nitrogens with one attached hydrogen (secondary N) is 1. The third-order valence-corrected chi connectivity index (χ3v) is 4.71. The van der Waals surface area contributed by atoms with Gasteiger partial charge in [0.2, 0.25) is 0 Å². The molecular weight excluding hydrogens is 342 g/mol. The van der Waals surface area contributed by atoms with Crippen molar-refractivity contribution < 1.29 is 9.53 Å². The van der Waals surface area contributed by atoms with Gasteiger partial charge in [-0.3, -0.25) is 9.79 Å². The van der Waals surface area contributed by atoms with Crippen molar-refractivity contribution in [3.63, 3.8) is 0 Å². The summed E-state index contributed by atoms with van der Waals surface area (Å²) in [4.78, 5) is 26.3. The van der Waals surface area contributed by atoms with Gasteiger partial charge in [-0.15, -0.1) is 0 Å². The van der Waals surface area contributed by atoms with Gasteiger partial charge in [-0.25, -0.2) is 9.97 Å². The van der Waals surface area contributed by atoms with E-state index >= 15 is 0 Å². The van der Waals surface area contributed by atoms with Gasteiger partial charge in [0.15, 0.2) is 0 Å². The largest absolute Gasteiger partial charge is 0.495 e. The summed E-state index contributed by atoms with van der Waals surface area (Å²) in [5.41, 5.74) is 11.4. The SMILES string of the molecule is Cc1nc2ccc3c(c2nc1C)/C(=C/C1=C(OCCCN)CC=N1)C(=O)N3. The molecule has 1 aromatic heterocycles. The number of anilines is 1. The summed E-state index contributed by atoms with van der Waals surface area (Å²) >= 11 is 0. The van der Waals surface area contributed by atoms with Crippen molar-refractivity contribution in [2.24, 2.45) is 10.7 Å². The molecule has 4 rings (SSSR count). The van der Waals surface area contributed by atoms with Crippen molar-refractivity contribution in [1.29, 1.82) is 0 Å². The first kappa shape index (κ1) is 17.4. The molecule has 0 saturated carbocycles. The first-order valence-corrected chi connectivity index (χ1v) is 8.98. The van der Waals surface area contributed by atoms with Crippen LogP contribution < -0.4 is 11.1 Å². The minimum absolute atomic E-state index is 0.173. The molecule has 2 aromatic rings. The number of amides is 1. The number of rotatable bonds is 5. The maximum absolute atomic E-state index is 12.6. The standard InChI is InChI=1S/C20H21N5O2/c1-11-12(2)24-19-15(23-11)5-4-14-18(19)13(20(26)25-14)10-16-17(6-8-22-16)27-9-3-7-21/h4-5,8,10H,3,6-7,9,21H2,1-2H3,(H,25,26)/b13-10-. The second-order valence-electron chi connectivity index (χ2n) is 6.58. The highest BCUT2D eigenvalue weighted by Crippen LogP contribution is 2.38. The average molecular weight is 363 g/mol. The predicted octanol–water partition coefficient (Wildman–Crippen LogP) is 2.63. The van der Waals surface area contributed by atoms with Gasteiger partial charge in [0.1, 0.15) is 11.5 Å². The Bertz CT molecular complexity index is 1040. The van der Waals surface area contributed by atoms with Crippen molar-refractivity contribution in [3.05, 3.63) is 46.6 Å². The topological polar surface area (TPSA) is 102 Å². The molecule has 2 aliphatic rings. The van der Waals surface area contributed by atoms with Crippen LogP contribution in [0.4, 0.5) is 5.69 Å². The molecule has 1 amide bonds. The Morgan fingerprint density at radius 1 is 1.26 bits per heavy atom. The van der Waals surface area contributed by atoms with E-state index < -0.39 is 0 Å². The van der Waals surface area contributed by atoms with Crippen molar-refractivity contribution in [3.8, 4) is 0 Å². The number of hydrogen-bond acceptors (Lipinski definition) is 6. The van der Waals surface area contributed by atoms with E-state index in [1.807, 2.05) is 26.0 Å². The number of fused-ring (bicyclic) bond motifs is 3. The first-order chi connectivity index (χ1) is 13.1. The van der Waals surface area contributed by atoms with E-state index in [9.17, 15) is 4.79 Å². The molecule has 0 atom stereocenters. The van der Waals surface area contributed by atoms with E-state index in [4.69, 9.17) is 15.5 Å². The minimum atomic E-state index is -0.173. The van der Waals surface area contributed by atoms with Crippen LogP contribution in [-0.4, -0.2) is 35.2 Å². The van der Waals surface area contributed by atoms with E-state index in [2.05, 4.69) is 15.3 Å². The molecule has 0 saturated heterocycles. The zero-order chi connectivity index (χ0) is 19.0. The quantitative estimate of drug-likeness (QED) is 0.628. The summed E-state index contributed by atoms with van der Waals surface area (Å²) in [6, 6.07) is 3.75. The molecule has 1 aromatic carbocycles. The van der Waals surface area contributed by atoms with Gasteiger partial charge < -0.3 is 15.8 Å². The van der Waals surface area contributed by atoms with Gasteiger partial charge in [0.05, 0.1) is 40.3 Å². The minimum Gasteiger partial charge on any atom is -0.495 e. The van der Waals surface area contributed by atoms with Crippen LogP contribution >= 0.6 is 0 Å². The van der Waals surface area contributed by atoms with E-state index in [-0.39, 0.29) is 5.91 Å². The molecule has 7 nitrogen and oxygen atoms in total. The molecule has 3 N–H and O–H groups in total. The predicted molar refractivity (Wildman–Crippen MR) is 105 cm³/mol. The summed E-state index contributed by atoms with van der Waals surface area (Å²) < 4.78 is 5.78. The Balaban J connectivity index is 1.82. The van der Waals surface area contributed by atoms with Crippen LogP contribution in [0.5, 0.6) is 0 Å². The highest BCUT2D eigenvalue weighted by atomic mass is 16.5. The maximum atomic E-state index is 12.6. The Morgan fingerprint density at radius 3 is 2.89 bits per heavy atom. The van der Waals surface area contributed by atoms with Crippen LogP contribution in [0.3, 0.4) is 0 Å². The molecule has 0 radical (unpaired) electrons. The highest BCUT2D eigenvalue weighted by molar-refractivity contribution is 6.34. The van der Waals surface area contributed by atoms with Gasteiger partial charge in [-0.1, -0.05) is 0 Å². The number of aryl methyl sites for hydroxylation is 2. The number of carbonyl (C=O) groups excluding carboxylic acids is 1. The summed E-state index contributed by atoms with van der Waals surface area (Å²) in [7, 11) is 0. The molecule has 0 unspecified atom stereocenters. The zero-order valence-electron chi connectivity index (χ0n) is 15.4. The number of allylic oxidation sites excluding steroid dienone is 2. The van der Waals surface area contributed by atoms with Crippen LogP contribution in [0.1, 0.15) is 29.8 Å². The summed E-state index contributed by atoms with van der Waals surface area (Å²) in [6.07, 6.45) is 4.95. The zero-order valence-corrected chi connectivity index (χ0v) is 15.4. The van der Waals surface area contributed by atoms with Gasteiger partial charge in [0, 0.05) is 18.2 Å². The highest BCUT2D eigenvalue weighted by Gasteiger charge is 2.28. The lowest BCUT2D eigenvalue weighted by molar-refractivity contribution is -0.110. The van der Waals surface area contributed by atoms with E-state index in [1.54, 1.807) is 12.3 Å². The van der Waals surface area contributed by atoms with Crippen molar-refractivity contribution in [1.82, 2.24) is 9.97 Å². The number of aromatic nitrogens is 2. The summed E-state index contributed by atoms with van der Waals surface area (Å²) in [6.45, 7) is 4.96. The van der Waals surface area contributed by atoms with Crippen LogP contribution in [0.25, 0.3) is 16.6 Å². The Hall–Kier alpha value is -3.06. The Kier molecular flexibility index (Phi) is 4.45. The second kappa shape index (κ2) is 6.92. The summed E-state index contributed by atoms with van der Waals surface area (Å²) in [5.74, 6) is 0.587. The lowest BCUT2D eigenvalue weighted by Crippen LogP contribution is -2.05. The molecule has 0 fully saturated rings. The number of nitrogens with zero attached hydrogens (tertiary/aromatic N) is 3. The smallest absolute Gasteiger partial charge is 0.256 e. The van der Waals surface area contributed by atoms with Gasteiger partial charge in [0.25, 0.3) is 5.91 Å². The monoisotopic (exact) mass is 363 g/mol. The van der Waals surface area contributed by atoms with E-state index in [0.717, 1.165) is 40.3 Å². The lowest BCUT2D eigenvalue weighted by atomic mass is 10.0. The second-order valence-corrected chi connectivity index (χ2v) is 6.58. The van der Waals surface area contributed by atoms with Crippen LogP contribution in [0.2, 0.25) is 0 Å². The average Bonchev–Trinajstić information content (AvgIpc) is 3.21. The third-order valence-electron chi connectivity index (χ3n) is 4.71. The molecule has 2 aliphatic heterocycles. The fourth-order valence-corrected chi connectivity index (χ4v) is 3.18. The van der Waals surface area contributed by atoms with Crippen LogP contribution in [0, 0.1) is 13.8 Å². The molecule has 7 heteroatoms. The van der Waals surface area contributed by atoms with Crippen LogP contribution in [0.15, 0.2) is 34.7 Å². The number of carbonyl (C=O) groups is 1. The first-order valence-electron chi connectivity index (χ1n) is 8.98. The van der Waals surface area contributed by atoms with Gasteiger partial charge in [-0.2, -0.15) is 0 Å². The van der Waals surface area contributed by atoms with Crippen molar-refractivity contribution >= 4 is 34.4 Å². The van der Waals surface area contributed by atoms with Crippen molar-refractivity contribution in [2.75, 3.05) is 18.5 Å². The number of ether oxygens (including phenoxy) is 1. The van der Waals surface area contributed by atoms with Gasteiger partial charge >= 0.3 is 0 Å². The lowest BCUT2D eigenvalue weighted by Gasteiger charge is -2.08. The molecule has 27 heavy (non-hydrogen) atoms. The fraction of sp³-hybridized carbons (Fsp3) is 0.300. The van der Waals surface area contributed by atoms with Gasteiger partial charge in [-0.05, 0) is 45.0 Å². The molecular formula is C20H21N5O2. The fourth-order valence-electron chi connectivity index (χ4n) is 3.18. The molecule has 0 spiro atoms. The normalized spacial score (nSPS) is 17.1. The number of hydrogen-bond donors (Lipinski definition) is 2. The number of aliphatic imine (C=N–C) groups is 1. The molecule has 138 valence electrons. The third kappa shape index (κ3) is 3.10. The van der Waals surface area contributed by atoms with E-state index in [0.29, 0.717) is 36.4 Å². The van der Waals surface area contributed by atoms with E-state index in [1.165, 1.54) is 0 Å². The Morgan fingerprint density at radius 2 is 2.07 bits per heavy atom. The van der Waals surface area contributed by atoms with Crippen molar-refractivity contribution in [2.45, 2.75) is 26.7 Å². The summed E-state index contributed by atoms with van der Waals surface area (Å²) in [5, 5.41) is 2.91. The molecule has 0 bridgehead atoms. The number of benzene rings is 1.